The first kappa shape index (κ1) is 19.5. The molecule has 1 saturated heterocycles. The summed E-state index contributed by atoms with van der Waals surface area (Å²) in [5, 5.41) is 2.94. The fourth-order valence-corrected chi connectivity index (χ4v) is 3.04. The predicted octanol–water partition coefficient (Wildman–Crippen LogP) is 2.82. The predicted molar refractivity (Wildman–Crippen MR) is 95.6 cm³/mol. The molecule has 2 heterocycles. The quantitative estimate of drug-likeness (QED) is 0.856. The molecule has 0 spiro atoms. The second-order valence-corrected chi connectivity index (χ2v) is 7.76. The third-order valence-electron chi connectivity index (χ3n) is 4.13. The summed E-state index contributed by atoms with van der Waals surface area (Å²) in [5.41, 5.74) is 0.283. The Morgan fingerprint density at radius 3 is 2.56 bits per heavy atom. The molecule has 1 aromatic rings. The minimum Gasteiger partial charge on any atom is -0.466 e. The second-order valence-electron chi connectivity index (χ2n) is 7.76. The van der Waals surface area contributed by atoms with E-state index in [0.29, 0.717) is 30.2 Å². The number of nitrogens with zero attached hydrogens (tertiary/aromatic N) is 1. The number of carbonyl (C=O) groups excluding carboxylic acids is 2. The molecule has 0 saturated carbocycles. The van der Waals surface area contributed by atoms with Crippen molar-refractivity contribution in [3.63, 3.8) is 0 Å². The van der Waals surface area contributed by atoms with Crippen molar-refractivity contribution in [1.82, 2.24) is 10.2 Å². The lowest BCUT2D eigenvalue weighted by molar-refractivity contribution is -0.122. The molecule has 1 aliphatic rings. The van der Waals surface area contributed by atoms with E-state index < -0.39 is 0 Å². The van der Waals surface area contributed by atoms with Gasteiger partial charge in [0.15, 0.2) is 0 Å². The average Bonchev–Trinajstić information content (AvgIpc) is 3.10. The average molecular weight is 350 g/mol. The molecule has 0 bridgehead atoms. The molecule has 6 nitrogen and oxygen atoms in total. The van der Waals surface area contributed by atoms with Crippen LogP contribution in [0.4, 0.5) is 0 Å². The van der Waals surface area contributed by atoms with Crippen LogP contribution in [0.25, 0.3) is 0 Å². The van der Waals surface area contributed by atoms with Gasteiger partial charge in [0, 0.05) is 31.7 Å². The van der Waals surface area contributed by atoms with Gasteiger partial charge in [-0.2, -0.15) is 0 Å². The monoisotopic (exact) mass is 350 g/mol. The molecule has 0 unspecified atom stereocenters. The van der Waals surface area contributed by atoms with Gasteiger partial charge in [0.2, 0.25) is 5.91 Å². The summed E-state index contributed by atoms with van der Waals surface area (Å²) in [6.07, 6.45) is 2.27. The van der Waals surface area contributed by atoms with E-state index in [1.807, 2.05) is 27.7 Å². The van der Waals surface area contributed by atoms with Gasteiger partial charge < -0.3 is 19.4 Å². The van der Waals surface area contributed by atoms with E-state index in [2.05, 4.69) is 5.32 Å². The molecule has 6 heteroatoms. The maximum atomic E-state index is 12.9. The Bertz CT molecular complexity index is 609. The van der Waals surface area contributed by atoms with Crippen molar-refractivity contribution < 1.29 is 18.7 Å². The van der Waals surface area contributed by atoms with Gasteiger partial charge in [-0.15, -0.1) is 0 Å². The minimum absolute atomic E-state index is 0.0444. The number of nitrogens with one attached hydrogen (secondary N) is 1. The SMILES string of the molecule is Cc1cc(C(=O)N(CCC(=O)NC(C)(C)C)C[C@@H]2CCCO2)c(C)o1. The Balaban J connectivity index is 2.05. The molecule has 25 heavy (non-hydrogen) atoms. The third-order valence-corrected chi connectivity index (χ3v) is 4.13. The Labute approximate surface area is 149 Å². The first-order chi connectivity index (χ1) is 11.7. The zero-order chi connectivity index (χ0) is 18.6. The van der Waals surface area contributed by atoms with Crippen LogP contribution < -0.4 is 5.32 Å². The van der Waals surface area contributed by atoms with Gasteiger partial charge in [0.1, 0.15) is 11.5 Å². The number of hydrogen-bond acceptors (Lipinski definition) is 4. The van der Waals surface area contributed by atoms with Crippen molar-refractivity contribution in [2.24, 2.45) is 0 Å². The molecule has 1 atom stereocenters. The summed E-state index contributed by atoms with van der Waals surface area (Å²) in [4.78, 5) is 26.8. The molecule has 0 radical (unpaired) electrons. The van der Waals surface area contributed by atoms with Crippen LogP contribution in [-0.2, 0) is 9.53 Å². The highest BCUT2D eigenvalue weighted by atomic mass is 16.5. The van der Waals surface area contributed by atoms with Gasteiger partial charge in [-0.3, -0.25) is 9.59 Å². The molecule has 0 aromatic carbocycles. The molecular formula is C19H30N2O4. The molecule has 1 N–H and O–H groups in total. The van der Waals surface area contributed by atoms with Crippen LogP contribution >= 0.6 is 0 Å². The smallest absolute Gasteiger partial charge is 0.257 e. The molecule has 1 aliphatic heterocycles. The summed E-state index contributed by atoms with van der Waals surface area (Å²) in [7, 11) is 0. The summed E-state index contributed by atoms with van der Waals surface area (Å²) >= 11 is 0. The van der Waals surface area contributed by atoms with E-state index in [-0.39, 0.29) is 29.9 Å². The van der Waals surface area contributed by atoms with E-state index in [4.69, 9.17) is 9.15 Å². The largest absolute Gasteiger partial charge is 0.466 e. The van der Waals surface area contributed by atoms with Gasteiger partial charge in [-0.25, -0.2) is 0 Å². The summed E-state index contributed by atoms with van der Waals surface area (Å²) in [6, 6.07) is 1.76. The standard InChI is InChI=1S/C19H30N2O4/c1-13-11-16(14(2)25-13)18(23)21(12-15-7-6-10-24-15)9-8-17(22)20-19(3,4)5/h11,15H,6-10,12H2,1-5H3,(H,20,22)/t15-/m0/s1. The molecule has 1 fully saturated rings. The maximum Gasteiger partial charge on any atom is 0.257 e. The van der Waals surface area contributed by atoms with E-state index in [1.165, 1.54) is 0 Å². The zero-order valence-corrected chi connectivity index (χ0v) is 16.0. The fourth-order valence-electron chi connectivity index (χ4n) is 3.04. The lowest BCUT2D eigenvalue weighted by atomic mass is 10.1. The Morgan fingerprint density at radius 2 is 2.04 bits per heavy atom. The lowest BCUT2D eigenvalue weighted by Crippen LogP contribution is -2.44. The molecule has 2 amide bonds. The molecule has 140 valence electrons. The van der Waals surface area contributed by atoms with Gasteiger partial charge in [0.25, 0.3) is 5.91 Å². The number of rotatable bonds is 6. The van der Waals surface area contributed by atoms with Crippen molar-refractivity contribution >= 4 is 11.8 Å². The van der Waals surface area contributed by atoms with E-state index >= 15 is 0 Å². The molecular weight excluding hydrogens is 320 g/mol. The van der Waals surface area contributed by atoms with Gasteiger partial charge in [-0.05, 0) is 53.5 Å². The summed E-state index contributed by atoms with van der Waals surface area (Å²) in [5.74, 6) is 1.16. The van der Waals surface area contributed by atoms with Crippen molar-refractivity contribution in [3.05, 3.63) is 23.2 Å². The summed E-state index contributed by atoms with van der Waals surface area (Å²) < 4.78 is 11.2. The first-order valence-corrected chi connectivity index (χ1v) is 8.94. The molecule has 2 rings (SSSR count). The van der Waals surface area contributed by atoms with Crippen molar-refractivity contribution in [1.29, 1.82) is 0 Å². The van der Waals surface area contributed by atoms with Crippen LogP contribution in [-0.4, -0.2) is 48.1 Å². The number of aryl methyl sites for hydroxylation is 2. The normalized spacial score (nSPS) is 17.6. The number of ether oxygens (including phenoxy) is 1. The van der Waals surface area contributed by atoms with Crippen LogP contribution in [0.3, 0.4) is 0 Å². The Hall–Kier alpha value is -1.82. The topological polar surface area (TPSA) is 71.8 Å². The highest BCUT2D eigenvalue weighted by Crippen LogP contribution is 2.19. The highest BCUT2D eigenvalue weighted by Gasteiger charge is 2.26. The minimum atomic E-state index is -0.279. The maximum absolute atomic E-state index is 12.9. The van der Waals surface area contributed by atoms with E-state index in [0.717, 1.165) is 19.4 Å². The Morgan fingerprint density at radius 1 is 1.32 bits per heavy atom. The van der Waals surface area contributed by atoms with Crippen molar-refractivity contribution in [2.45, 2.75) is 65.5 Å². The fraction of sp³-hybridized carbons (Fsp3) is 0.684. The van der Waals surface area contributed by atoms with Crippen molar-refractivity contribution in [2.75, 3.05) is 19.7 Å². The van der Waals surface area contributed by atoms with Gasteiger partial charge >= 0.3 is 0 Å². The Kier molecular flexibility index (Phi) is 6.27. The molecule has 1 aromatic heterocycles. The second kappa shape index (κ2) is 8.04. The highest BCUT2D eigenvalue weighted by molar-refractivity contribution is 5.95. The summed E-state index contributed by atoms with van der Waals surface area (Å²) in [6.45, 7) is 11.0. The number of carbonyl (C=O) groups is 2. The third kappa shape index (κ3) is 5.88. The van der Waals surface area contributed by atoms with Gasteiger partial charge in [-0.1, -0.05) is 0 Å². The van der Waals surface area contributed by atoms with Gasteiger partial charge in [0.05, 0.1) is 11.7 Å². The number of furan rings is 1. The number of amides is 2. The molecule has 0 aliphatic carbocycles. The van der Waals surface area contributed by atoms with Crippen LogP contribution in [0.15, 0.2) is 10.5 Å². The van der Waals surface area contributed by atoms with Crippen LogP contribution in [0.2, 0.25) is 0 Å². The zero-order valence-electron chi connectivity index (χ0n) is 16.0. The van der Waals surface area contributed by atoms with Crippen LogP contribution in [0, 0.1) is 13.8 Å². The number of hydrogen-bond donors (Lipinski definition) is 1. The van der Waals surface area contributed by atoms with Crippen LogP contribution in [0.5, 0.6) is 0 Å². The first-order valence-electron chi connectivity index (χ1n) is 8.94. The van der Waals surface area contributed by atoms with Crippen LogP contribution in [0.1, 0.15) is 61.9 Å². The van der Waals surface area contributed by atoms with E-state index in [9.17, 15) is 9.59 Å². The lowest BCUT2D eigenvalue weighted by Gasteiger charge is -2.26. The van der Waals surface area contributed by atoms with E-state index in [1.54, 1.807) is 17.9 Å². The van der Waals surface area contributed by atoms with Crippen molar-refractivity contribution in [3.8, 4) is 0 Å².